The van der Waals surface area contributed by atoms with E-state index in [-0.39, 0.29) is 0 Å². The molecule has 0 spiro atoms. The molecule has 0 saturated heterocycles. The van der Waals surface area contributed by atoms with Crippen molar-refractivity contribution in [1.82, 2.24) is 0 Å². The van der Waals surface area contributed by atoms with Crippen molar-refractivity contribution in [1.29, 1.82) is 0 Å². The summed E-state index contributed by atoms with van der Waals surface area (Å²) in [6, 6.07) is 26.2. The van der Waals surface area contributed by atoms with E-state index in [0.29, 0.717) is 0 Å². The first-order chi connectivity index (χ1) is 17.1. The molecule has 5 aromatic rings. The molecule has 2 heterocycles. The van der Waals surface area contributed by atoms with Crippen molar-refractivity contribution in [3.05, 3.63) is 93.7 Å². The Hall–Kier alpha value is -2.87. The zero-order chi connectivity index (χ0) is 25.5. The molecule has 0 unspecified atom stereocenters. The van der Waals surface area contributed by atoms with Gasteiger partial charge in [0.05, 0.1) is 25.9 Å². The van der Waals surface area contributed by atoms with E-state index >= 15 is 0 Å². The zero-order valence-electron chi connectivity index (χ0n) is 21.7. The van der Waals surface area contributed by atoms with E-state index in [9.17, 15) is 0 Å². The van der Waals surface area contributed by atoms with Crippen LogP contribution in [0.4, 0.5) is 0 Å². The van der Waals surface area contributed by atoms with Crippen molar-refractivity contribution in [2.24, 2.45) is 0 Å². The van der Waals surface area contributed by atoms with Gasteiger partial charge in [0.15, 0.2) is 0 Å². The average molecular weight is 535 g/mol. The van der Waals surface area contributed by atoms with Crippen LogP contribution in [-0.4, -0.2) is 16.1 Å². The first-order valence-electron chi connectivity index (χ1n) is 12.3. The van der Waals surface area contributed by atoms with Gasteiger partial charge < -0.3 is 0 Å². The van der Waals surface area contributed by atoms with Gasteiger partial charge in [0.2, 0.25) is 0 Å². The van der Waals surface area contributed by atoms with Crippen LogP contribution in [-0.2, 0) is 0 Å². The van der Waals surface area contributed by atoms with Gasteiger partial charge in [0, 0.05) is 20.5 Å². The van der Waals surface area contributed by atoms with Crippen molar-refractivity contribution in [3.8, 4) is 23.7 Å². The quantitative estimate of drug-likeness (QED) is 0.159. The molecule has 0 aliphatic carbocycles. The molecule has 0 bridgehead atoms. The van der Waals surface area contributed by atoms with E-state index in [1.54, 1.807) is 22.7 Å². The zero-order valence-corrected chi connectivity index (χ0v) is 25.4. The third-order valence-electron chi connectivity index (χ3n) is 6.27. The maximum absolute atomic E-state index is 3.60. The van der Waals surface area contributed by atoms with Crippen LogP contribution in [0.5, 0.6) is 0 Å². The highest BCUT2D eigenvalue weighted by molar-refractivity contribution is 7.19. The van der Waals surface area contributed by atoms with E-state index in [1.807, 2.05) is 0 Å². The highest BCUT2D eigenvalue weighted by atomic mass is 32.1. The summed E-state index contributed by atoms with van der Waals surface area (Å²) in [7, 11) is -3.29. The van der Waals surface area contributed by atoms with Gasteiger partial charge in [0.25, 0.3) is 0 Å². The molecular weight excluding hydrogens is 505 g/mol. The summed E-state index contributed by atoms with van der Waals surface area (Å²) in [5.41, 5.74) is 2.38. The van der Waals surface area contributed by atoms with Crippen molar-refractivity contribution in [3.63, 3.8) is 0 Å². The molecule has 5 rings (SSSR count). The molecular formula is C32H30S2Si2. The number of fused-ring (bicyclic) bond motifs is 2. The third-order valence-corrected chi connectivity index (χ3v) is 12.4. The van der Waals surface area contributed by atoms with E-state index in [4.69, 9.17) is 0 Å². The Balaban J connectivity index is 1.63. The van der Waals surface area contributed by atoms with Crippen LogP contribution < -0.4 is 10.4 Å². The van der Waals surface area contributed by atoms with Gasteiger partial charge in [-0.15, -0.1) is 22.7 Å². The lowest BCUT2D eigenvalue weighted by molar-refractivity contribution is 1.60. The van der Waals surface area contributed by atoms with Crippen molar-refractivity contribution >= 4 is 69.4 Å². The lowest BCUT2D eigenvalue weighted by Gasteiger charge is -2.25. The monoisotopic (exact) mass is 534 g/mol. The maximum atomic E-state index is 3.60. The molecule has 0 N–H and O–H groups in total. The first-order valence-corrected chi connectivity index (χ1v) is 20.9. The van der Waals surface area contributed by atoms with Gasteiger partial charge in [-0.3, -0.25) is 0 Å². The van der Waals surface area contributed by atoms with Gasteiger partial charge >= 0.3 is 0 Å². The van der Waals surface area contributed by atoms with Crippen LogP contribution in [0.1, 0.15) is 20.9 Å². The lowest BCUT2D eigenvalue weighted by atomic mass is 10.1. The fourth-order valence-corrected chi connectivity index (χ4v) is 9.27. The molecule has 0 nitrogen and oxygen atoms in total. The van der Waals surface area contributed by atoms with E-state index < -0.39 is 16.1 Å². The van der Waals surface area contributed by atoms with Gasteiger partial charge in [-0.2, -0.15) is 0 Å². The number of thiophene rings is 2. The molecule has 178 valence electrons. The Morgan fingerprint density at radius 2 is 0.889 bits per heavy atom. The molecule has 4 heteroatoms. The van der Waals surface area contributed by atoms with Crippen LogP contribution in [0.2, 0.25) is 39.3 Å². The second kappa shape index (κ2) is 9.54. The van der Waals surface area contributed by atoms with Crippen LogP contribution in [0.3, 0.4) is 0 Å². The first kappa shape index (κ1) is 24.8. The fraction of sp³-hybridized carbons (Fsp3) is 0.188. The third kappa shape index (κ3) is 5.29. The minimum atomic E-state index is -1.64. The molecule has 0 radical (unpaired) electrons. The summed E-state index contributed by atoms with van der Waals surface area (Å²) in [6.45, 7) is 14.4. The Labute approximate surface area is 225 Å². The van der Waals surface area contributed by atoms with E-state index in [1.165, 1.54) is 41.7 Å². The molecule has 36 heavy (non-hydrogen) atoms. The van der Waals surface area contributed by atoms with Crippen LogP contribution in [0, 0.1) is 23.7 Å². The van der Waals surface area contributed by atoms with Crippen LogP contribution in [0.15, 0.2) is 72.8 Å². The Morgan fingerprint density at radius 1 is 0.500 bits per heavy atom. The molecule has 0 aliphatic heterocycles. The predicted molar refractivity (Wildman–Crippen MR) is 168 cm³/mol. The Kier molecular flexibility index (Phi) is 6.58. The van der Waals surface area contributed by atoms with Crippen molar-refractivity contribution < 1.29 is 0 Å². The van der Waals surface area contributed by atoms with E-state index in [0.717, 1.165) is 9.75 Å². The molecule has 0 amide bonds. The summed E-state index contributed by atoms with van der Waals surface area (Å²) < 4.78 is 2.59. The highest BCUT2D eigenvalue weighted by Gasteiger charge is 2.26. The van der Waals surface area contributed by atoms with Crippen LogP contribution >= 0.6 is 22.7 Å². The number of rotatable bonds is 2. The Morgan fingerprint density at radius 3 is 1.25 bits per heavy atom. The molecule has 0 aliphatic rings. The molecule has 2 aromatic heterocycles. The number of hydrogen-bond acceptors (Lipinski definition) is 2. The summed E-state index contributed by atoms with van der Waals surface area (Å²) >= 11 is 3.55. The number of hydrogen-bond donors (Lipinski definition) is 0. The smallest absolute Gasteiger partial charge is 0.0792 e. The minimum Gasteiger partial charge on any atom is -0.127 e. The second-order valence-corrected chi connectivity index (χ2v) is 23.5. The van der Waals surface area contributed by atoms with Crippen LogP contribution in [0.25, 0.3) is 20.2 Å². The van der Waals surface area contributed by atoms with Crippen molar-refractivity contribution in [2.45, 2.75) is 39.3 Å². The summed E-state index contributed by atoms with van der Waals surface area (Å²) in [5.74, 6) is 14.2. The molecule has 0 atom stereocenters. The lowest BCUT2D eigenvalue weighted by Crippen LogP contribution is -2.45. The maximum Gasteiger partial charge on any atom is 0.0792 e. The molecule has 0 saturated carbocycles. The average Bonchev–Trinajstić information content (AvgIpc) is 3.43. The topological polar surface area (TPSA) is 0 Å². The Bertz CT molecular complexity index is 1520. The highest BCUT2D eigenvalue weighted by Crippen LogP contribution is 2.25. The molecule has 0 fully saturated rings. The second-order valence-electron chi connectivity index (χ2n) is 11.2. The van der Waals surface area contributed by atoms with Gasteiger partial charge in [-0.25, -0.2) is 0 Å². The minimum absolute atomic E-state index is 1.13. The van der Waals surface area contributed by atoms with E-state index in [2.05, 4.69) is 136 Å². The van der Waals surface area contributed by atoms with Gasteiger partial charge in [0.1, 0.15) is 0 Å². The molecule has 3 aromatic carbocycles. The normalized spacial score (nSPS) is 11.7. The SMILES string of the molecule is C[Si](C)(C)c1cc(C#Cc2cc3ccccc3s2)c([Si](C)(C)C)cc1C#Cc1cc2ccccc2s1. The summed E-state index contributed by atoms with van der Waals surface area (Å²) in [5, 5.41) is 5.34. The van der Waals surface area contributed by atoms with Gasteiger partial charge in [-0.05, 0) is 57.5 Å². The fourth-order valence-electron chi connectivity index (χ4n) is 4.39. The van der Waals surface area contributed by atoms with Gasteiger partial charge in [-0.1, -0.05) is 99.4 Å². The standard InChI is InChI=1S/C32H30S2Si2/c1-35(2,3)31-21-26(16-18-28-20-24-12-8-10-14-30(24)34-28)32(36(4,5)6)22-25(31)15-17-27-19-23-11-7-9-13-29(23)33-27/h7-14,19-22H,1-6H3. The predicted octanol–water partition coefficient (Wildman–Crippen LogP) is 8.01. The summed E-state index contributed by atoms with van der Waals surface area (Å²) in [4.78, 5) is 2.25. The number of benzene rings is 3. The summed E-state index contributed by atoms with van der Waals surface area (Å²) in [6.07, 6.45) is 0. The largest absolute Gasteiger partial charge is 0.127 e. The van der Waals surface area contributed by atoms with Crippen molar-refractivity contribution in [2.75, 3.05) is 0 Å².